The second kappa shape index (κ2) is 9.68. The number of carboxylic acids is 1. The first kappa shape index (κ1) is 22.9. The summed E-state index contributed by atoms with van der Waals surface area (Å²) in [5, 5.41) is 15.6. The summed E-state index contributed by atoms with van der Waals surface area (Å²) >= 11 is 5.40. The maximum absolute atomic E-state index is 12.8. The molecule has 2 atom stereocenters. The zero-order valence-electron chi connectivity index (χ0n) is 16.5. The van der Waals surface area contributed by atoms with Crippen LogP contribution < -0.4 is 11.1 Å². The van der Waals surface area contributed by atoms with Crippen molar-refractivity contribution >= 4 is 79.8 Å². The predicted molar refractivity (Wildman–Crippen MR) is 125 cm³/mol. The number of amides is 2. The van der Waals surface area contributed by atoms with Gasteiger partial charge in [-0.3, -0.25) is 19.5 Å². The number of thioether (sulfide) groups is 3. The highest BCUT2D eigenvalue weighted by atomic mass is 32.2. The van der Waals surface area contributed by atoms with Gasteiger partial charge in [-0.15, -0.1) is 11.8 Å². The van der Waals surface area contributed by atoms with Crippen molar-refractivity contribution in [2.75, 3.05) is 36.6 Å². The highest BCUT2D eigenvalue weighted by Gasteiger charge is 2.54. The van der Waals surface area contributed by atoms with E-state index in [4.69, 9.17) is 10.6 Å². The molecular weight excluding hydrogens is 498 g/mol. The second-order valence-corrected chi connectivity index (χ2v) is 10.7. The average molecular weight is 516 g/mol. The number of aromatic nitrogens is 2. The Labute approximate surface area is 198 Å². The van der Waals surface area contributed by atoms with E-state index in [1.54, 1.807) is 11.8 Å². The molecule has 16 heteroatoms. The van der Waals surface area contributed by atoms with E-state index in [-0.39, 0.29) is 22.4 Å². The van der Waals surface area contributed by atoms with Gasteiger partial charge < -0.3 is 21.0 Å². The predicted octanol–water partition coefficient (Wildman–Crippen LogP) is 0.0454. The summed E-state index contributed by atoms with van der Waals surface area (Å²) in [6, 6.07) is -0.913. The summed E-state index contributed by atoms with van der Waals surface area (Å²) in [6.45, 7) is 0.762. The number of rotatable bonds is 7. The highest BCUT2D eigenvalue weighted by Crippen LogP contribution is 2.41. The summed E-state index contributed by atoms with van der Waals surface area (Å²) in [6.07, 6.45) is 0. The Morgan fingerprint density at radius 1 is 1.47 bits per heavy atom. The first-order valence-electron chi connectivity index (χ1n) is 9.12. The maximum atomic E-state index is 12.8. The van der Waals surface area contributed by atoms with Gasteiger partial charge >= 0.3 is 5.97 Å². The summed E-state index contributed by atoms with van der Waals surface area (Å²) in [5.74, 6) is -0.634. The van der Waals surface area contributed by atoms with Crippen LogP contribution in [0.15, 0.2) is 21.4 Å². The van der Waals surface area contributed by atoms with Crippen LogP contribution in [0.3, 0.4) is 0 Å². The molecule has 4 heterocycles. The lowest BCUT2D eigenvalue weighted by Gasteiger charge is -2.49. The first-order valence-corrected chi connectivity index (χ1v) is 12.9. The van der Waals surface area contributed by atoms with Crippen molar-refractivity contribution in [2.24, 2.45) is 10.1 Å². The minimum Gasteiger partial charge on any atom is -0.477 e. The third kappa shape index (κ3) is 4.44. The Balaban J connectivity index is 1.48. The average Bonchev–Trinajstić information content (AvgIpc) is 3.45. The van der Waals surface area contributed by atoms with Gasteiger partial charge in [-0.25, -0.2) is 4.79 Å². The molecule has 2 amide bonds. The van der Waals surface area contributed by atoms with Crippen LogP contribution in [0.2, 0.25) is 0 Å². The molecule has 1 unspecified atom stereocenters. The molecule has 0 radical (unpaired) electrons. The molecule has 0 bridgehead atoms. The monoisotopic (exact) mass is 515 g/mol. The van der Waals surface area contributed by atoms with Gasteiger partial charge in [-0.1, -0.05) is 28.7 Å². The van der Waals surface area contributed by atoms with Gasteiger partial charge in [0.15, 0.2) is 5.13 Å². The number of carboxylic acid groups (broad SMARTS) is 1. The third-order valence-corrected chi connectivity index (χ3v) is 8.74. The number of aliphatic imine (C=N–C) groups is 1. The zero-order valence-corrected chi connectivity index (χ0v) is 19.8. The molecule has 0 saturated carbocycles. The van der Waals surface area contributed by atoms with Crippen molar-refractivity contribution in [3.05, 3.63) is 17.1 Å². The summed E-state index contributed by atoms with van der Waals surface area (Å²) in [7, 11) is 1.26. The largest absolute Gasteiger partial charge is 0.477 e. The van der Waals surface area contributed by atoms with Crippen molar-refractivity contribution in [2.45, 2.75) is 11.4 Å². The smallest absolute Gasteiger partial charge is 0.352 e. The standard InChI is InChI=1S/C16H17N7O5S4/c1-28-21-7(10-20-15(17)32-22-10)11(24)19-8-12(25)23-9(14(26)27)6(4-30-13(8)23)5-31-16-18-2-3-29-16/h8,13H,2-5H2,1H3,(H,19,24)(H,26,27)(H2,17,20,22)/b21-7+/t8?,13-/m1/s1. The molecule has 0 aliphatic carbocycles. The number of fused-ring (bicyclic) bond motifs is 1. The number of nitrogens with one attached hydrogen (secondary N) is 1. The van der Waals surface area contributed by atoms with E-state index in [2.05, 4.69) is 24.8 Å². The fraction of sp³-hybridized carbons (Fsp3) is 0.438. The Kier molecular flexibility index (Phi) is 6.92. The minimum atomic E-state index is -1.17. The van der Waals surface area contributed by atoms with Crippen molar-refractivity contribution in [1.82, 2.24) is 19.6 Å². The number of hydrogen-bond donors (Lipinski definition) is 3. The van der Waals surface area contributed by atoms with Crippen LogP contribution in [-0.4, -0.2) is 89.6 Å². The number of nitrogens with two attached hydrogens (primary N) is 1. The van der Waals surface area contributed by atoms with E-state index in [9.17, 15) is 19.5 Å². The maximum Gasteiger partial charge on any atom is 0.352 e. The molecule has 1 aromatic heterocycles. The molecule has 1 aromatic rings. The van der Waals surface area contributed by atoms with Crippen molar-refractivity contribution < 1.29 is 24.3 Å². The highest BCUT2D eigenvalue weighted by molar-refractivity contribution is 8.39. The van der Waals surface area contributed by atoms with Gasteiger partial charge in [0.05, 0.1) is 6.54 Å². The van der Waals surface area contributed by atoms with Crippen LogP contribution in [0.5, 0.6) is 0 Å². The number of oxime groups is 1. The number of aliphatic carboxylic acids is 1. The van der Waals surface area contributed by atoms with Crippen molar-refractivity contribution in [3.63, 3.8) is 0 Å². The Morgan fingerprint density at radius 3 is 2.91 bits per heavy atom. The molecule has 0 aromatic carbocycles. The lowest BCUT2D eigenvalue weighted by molar-refractivity contribution is -0.150. The van der Waals surface area contributed by atoms with Crippen LogP contribution in [0, 0.1) is 0 Å². The van der Waals surface area contributed by atoms with Gasteiger partial charge in [-0.05, 0) is 5.57 Å². The van der Waals surface area contributed by atoms with Gasteiger partial charge in [0, 0.05) is 28.8 Å². The lowest BCUT2D eigenvalue weighted by atomic mass is 10.0. The van der Waals surface area contributed by atoms with Gasteiger partial charge in [-0.2, -0.15) is 9.36 Å². The number of nitrogens with zero attached hydrogens (tertiary/aromatic N) is 5. The van der Waals surface area contributed by atoms with Crippen molar-refractivity contribution in [1.29, 1.82) is 0 Å². The molecule has 0 spiro atoms. The molecule has 1 saturated heterocycles. The quantitative estimate of drug-likeness (QED) is 0.254. The van der Waals surface area contributed by atoms with Crippen LogP contribution in [-0.2, 0) is 19.2 Å². The Morgan fingerprint density at radius 2 is 2.28 bits per heavy atom. The molecule has 170 valence electrons. The summed E-state index contributed by atoms with van der Waals surface area (Å²) < 4.78 is 4.87. The topological polar surface area (TPSA) is 172 Å². The molecule has 1 fully saturated rings. The van der Waals surface area contributed by atoms with Crippen LogP contribution >= 0.6 is 46.8 Å². The fourth-order valence-corrected chi connectivity index (χ4v) is 7.09. The van der Waals surface area contributed by atoms with E-state index >= 15 is 0 Å². The number of nitrogen functional groups attached to an aromatic ring is 1. The minimum absolute atomic E-state index is 0.0232. The molecule has 3 aliphatic heterocycles. The Bertz CT molecular complexity index is 1060. The van der Waals surface area contributed by atoms with E-state index in [0.717, 1.165) is 28.2 Å². The van der Waals surface area contributed by atoms with E-state index in [1.807, 2.05) is 0 Å². The molecule has 3 aliphatic rings. The SMILES string of the molecule is CO/N=C(/C(=O)NC1C(=O)N2C(C(=O)O)=C(CSC3=NCCS3)CS[C@H]12)c1nsc(N)n1. The second-order valence-electron chi connectivity index (χ2n) is 6.48. The molecule has 12 nitrogen and oxygen atoms in total. The fourth-order valence-electron chi connectivity index (χ4n) is 3.16. The van der Waals surface area contributed by atoms with Crippen LogP contribution in [0.4, 0.5) is 5.13 Å². The van der Waals surface area contributed by atoms with E-state index in [0.29, 0.717) is 17.1 Å². The summed E-state index contributed by atoms with van der Waals surface area (Å²) in [4.78, 5) is 51.7. The normalized spacial score (nSPS) is 22.9. The molecule has 4 N–H and O–H groups in total. The number of anilines is 1. The number of carbonyl (C=O) groups excluding carboxylic acids is 2. The van der Waals surface area contributed by atoms with Gasteiger partial charge in [0.1, 0.15) is 28.6 Å². The Hall–Kier alpha value is -2.30. The number of β-lactam (4-membered cyclic amide) rings is 1. The first-order chi connectivity index (χ1) is 15.4. The number of carbonyl (C=O) groups is 3. The van der Waals surface area contributed by atoms with Gasteiger partial charge in [0.25, 0.3) is 11.8 Å². The van der Waals surface area contributed by atoms with Gasteiger partial charge in [0.2, 0.25) is 11.5 Å². The van der Waals surface area contributed by atoms with Crippen molar-refractivity contribution in [3.8, 4) is 0 Å². The molecular formula is C16H17N7O5S4. The van der Waals surface area contributed by atoms with Crippen LogP contribution in [0.1, 0.15) is 5.82 Å². The lowest BCUT2D eigenvalue weighted by Crippen LogP contribution is -2.71. The molecule has 4 rings (SSSR count). The zero-order chi connectivity index (χ0) is 22.8. The van der Waals surface area contributed by atoms with E-state index in [1.165, 1.54) is 35.5 Å². The van der Waals surface area contributed by atoms with E-state index < -0.39 is 29.2 Å². The summed E-state index contributed by atoms with van der Waals surface area (Å²) in [5.41, 5.74) is 5.96. The third-order valence-electron chi connectivity index (χ3n) is 4.52. The number of hydrogen-bond acceptors (Lipinski definition) is 13. The van der Waals surface area contributed by atoms with Crippen LogP contribution in [0.25, 0.3) is 0 Å². The molecule has 32 heavy (non-hydrogen) atoms.